The van der Waals surface area contributed by atoms with E-state index in [-0.39, 0.29) is 0 Å². The van der Waals surface area contributed by atoms with Gasteiger partial charge in [0.15, 0.2) is 11.5 Å². The van der Waals surface area contributed by atoms with Crippen LogP contribution < -0.4 is 5.73 Å². The highest BCUT2D eigenvalue weighted by Crippen LogP contribution is 2.21. The van der Waals surface area contributed by atoms with Crippen molar-refractivity contribution in [2.75, 3.05) is 5.73 Å². The molecule has 0 spiro atoms. The minimum absolute atomic E-state index is 0.480. The summed E-state index contributed by atoms with van der Waals surface area (Å²) in [4.78, 5) is 8.73. The molecule has 4 heterocycles. The van der Waals surface area contributed by atoms with Gasteiger partial charge in [-0.05, 0) is 12.5 Å². The molecule has 4 rings (SSSR count). The van der Waals surface area contributed by atoms with Gasteiger partial charge in [0.25, 0.3) is 0 Å². The first-order valence-electron chi connectivity index (χ1n) is 8.11. The molecule has 0 aliphatic heterocycles. The molecule has 0 saturated heterocycles. The summed E-state index contributed by atoms with van der Waals surface area (Å²) in [5.41, 5.74) is 9.35. The summed E-state index contributed by atoms with van der Waals surface area (Å²) in [6.07, 6.45) is 8.49. The molecule has 4 aromatic heterocycles. The van der Waals surface area contributed by atoms with Crippen molar-refractivity contribution in [2.24, 2.45) is 0 Å². The summed E-state index contributed by atoms with van der Waals surface area (Å²) in [6.45, 7) is 2.09. The van der Waals surface area contributed by atoms with E-state index < -0.39 is 0 Å². The van der Waals surface area contributed by atoms with Crippen molar-refractivity contribution in [2.45, 2.75) is 19.8 Å². The highest BCUT2D eigenvalue weighted by Gasteiger charge is 2.12. The molecule has 0 fully saturated rings. The second-order valence-corrected chi connectivity index (χ2v) is 5.81. The second-order valence-electron chi connectivity index (χ2n) is 5.81. The van der Waals surface area contributed by atoms with Crippen molar-refractivity contribution in [3.63, 3.8) is 0 Å². The van der Waals surface area contributed by atoms with Crippen molar-refractivity contribution < 1.29 is 0 Å². The monoisotopic (exact) mass is 345 g/mol. The Morgan fingerprint density at radius 2 is 2.08 bits per heavy atom. The van der Waals surface area contributed by atoms with Gasteiger partial charge in [-0.1, -0.05) is 18.6 Å². The van der Waals surface area contributed by atoms with Crippen LogP contribution in [-0.2, 0) is 6.42 Å². The summed E-state index contributed by atoms with van der Waals surface area (Å²) in [6, 6.07) is 5.50. The lowest BCUT2D eigenvalue weighted by Crippen LogP contribution is -2.06. The number of aryl methyl sites for hydroxylation is 1. The van der Waals surface area contributed by atoms with E-state index in [2.05, 4.69) is 38.4 Å². The van der Waals surface area contributed by atoms with Gasteiger partial charge in [-0.15, -0.1) is 5.10 Å². The summed E-state index contributed by atoms with van der Waals surface area (Å²) in [7, 11) is 0. The van der Waals surface area contributed by atoms with Gasteiger partial charge in [-0.25, -0.2) is 14.6 Å². The first-order valence-corrected chi connectivity index (χ1v) is 8.11. The van der Waals surface area contributed by atoms with E-state index in [1.165, 1.54) is 6.20 Å². The summed E-state index contributed by atoms with van der Waals surface area (Å²) in [5.74, 6) is 0.535. The Bertz CT molecular complexity index is 1130. The molecule has 2 N–H and O–H groups in total. The van der Waals surface area contributed by atoms with Crippen LogP contribution in [0.15, 0.2) is 36.9 Å². The molecular formula is C17H15N9. The third kappa shape index (κ3) is 2.63. The highest BCUT2D eigenvalue weighted by molar-refractivity contribution is 5.77. The zero-order valence-corrected chi connectivity index (χ0v) is 14.0. The van der Waals surface area contributed by atoms with Crippen LogP contribution in [-0.4, -0.2) is 34.7 Å². The van der Waals surface area contributed by atoms with Crippen LogP contribution in [0.5, 0.6) is 0 Å². The molecule has 0 radical (unpaired) electrons. The first-order chi connectivity index (χ1) is 12.7. The standard InChI is InChI=1S/C17H15N9/c1-2-3-13-10-25(24-23-13)15-9-20-16(5-14(15)19)26-17-12(8-22-26)4-11(6-18)7-21-17/h4-5,7-10H,2-3H2,1H3,(H2,19,20). The molecule has 0 bridgehead atoms. The van der Waals surface area contributed by atoms with Gasteiger partial charge in [0.05, 0.1) is 35.5 Å². The number of nitriles is 1. The van der Waals surface area contributed by atoms with Gasteiger partial charge >= 0.3 is 0 Å². The molecule has 0 atom stereocenters. The van der Waals surface area contributed by atoms with Crippen LogP contribution in [0, 0.1) is 11.3 Å². The summed E-state index contributed by atoms with van der Waals surface area (Å²) < 4.78 is 3.20. The highest BCUT2D eigenvalue weighted by atomic mass is 15.4. The van der Waals surface area contributed by atoms with E-state index in [0.29, 0.717) is 28.4 Å². The van der Waals surface area contributed by atoms with Crippen molar-refractivity contribution >= 4 is 16.7 Å². The van der Waals surface area contributed by atoms with E-state index in [9.17, 15) is 0 Å². The van der Waals surface area contributed by atoms with Crippen molar-refractivity contribution in [1.29, 1.82) is 5.26 Å². The average molecular weight is 345 g/mol. The number of fused-ring (bicyclic) bond motifs is 1. The Kier molecular flexibility index (Phi) is 3.78. The smallest absolute Gasteiger partial charge is 0.164 e. The van der Waals surface area contributed by atoms with Crippen LogP contribution in [0.25, 0.3) is 22.5 Å². The fourth-order valence-electron chi connectivity index (χ4n) is 2.70. The normalized spacial score (nSPS) is 10.9. The third-order valence-electron chi connectivity index (χ3n) is 3.95. The Morgan fingerprint density at radius 3 is 2.85 bits per heavy atom. The van der Waals surface area contributed by atoms with Crippen LogP contribution in [0.2, 0.25) is 0 Å². The maximum Gasteiger partial charge on any atom is 0.164 e. The van der Waals surface area contributed by atoms with Gasteiger partial charge < -0.3 is 5.73 Å². The minimum Gasteiger partial charge on any atom is -0.397 e. The van der Waals surface area contributed by atoms with Crippen LogP contribution in [0.3, 0.4) is 0 Å². The molecule has 128 valence electrons. The Hall–Kier alpha value is -3.80. The largest absolute Gasteiger partial charge is 0.397 e. The number of nitrogens with zero attached hydrogens (tertiary/aromatic N) is 8. The number of hydrogen-bond donors (Lipinski definition) is 1. The Labute approximate surface area is 148 Å². The molecule has 0 unspecified atom stereocenters. The molecule has 0 aromatic carbocycles. The Balaban J connectivity index is 1.73. The number of nitrogen functional groups attached to an aromatic ring is 1. The number of nitrogens with two attached hydrogens (primary N) is 1. The molecule has 0 aliphatic carbocycles. The van der Waals surface area contributed by atoms with Gasteiger partial charge in [-0.2, -0.15) is 15.0 Å². The van der Waals surface area contributed by atoms with Gasteiger partial charge in [0.2, 0.25) is 0 Å². The topological polar surface area (TPSA) is 124 Å². The van der Waals surface area contributed by atoms with Crippen LogP contribution >= 0.6 is 0 Å². The molecule has 4 aromatic rings. The minimum atomic E-state index is 0.480. The van der Waals surface area contributed by atoms with Gasteiger partial charge in [0.1, 0.15) is 11.8 Å². The lowest BCUT2D eigenvalue weighted by atomic mass is 10.2. The van der Waals surface area contributed by atoms with Crippen LogP contribution in [0.4, 0.5) is 5.69 Å². The molecule has 0 saturated carbocycles. The van der Waals surface area contributed by atoms with Gasteiger partial charge in [-0.3, -0.25) is 0 Å². The molecular weight excluding hydrogens is 330 g/mol. The third-order valence-corrected chi connectivity index (χ3v) is 3.95. The maximum absolute atomic E-state index is 8.97. The summed E-state index contributed by atoms with van der Waals surface area (Å²) in [5, 5.41) is 22.3. The Morgan fingerprint density at radius 1 is 1.19 bits per heavy atom. The second kappa shape index (κ2) is 6.25. The molecule has 9 nitrogen and oxygen atoms in total. The van der Waals surface area contributed by atoms with E-state index in [1.807, 2.05) is 6.20 Å². The lowest BCUT2D eigenvalue weighted by Gasteiger charge is -2.07. The van der Waals surface area contributed by atoms with E-state index >= 15 is 0 Å². The number of rotatable bonds is 4. The number of hydrogen-bond acceptors (Lipinski definition) is 7. The van der Waals surface area contributed by atoms with Gasteiger partial charge in [0, 0.05) is 17.6 Å². The number of anilines is 1. The van der Waals surface area contributed by atoms with E-state index in [1.54, 1.807) is 33.9 Å². The first kappa shape index (κ1) is 15.7. The quantitative estimate of drug-likeness (QED) is 0.598. The van der Waals surface area contributed by atoms with Crippen LogP contribution in [0.1, 0.15) is 24.6 Å². The number of aromatic nitrogens is 7. The zero-order chi connectivity index (χ0) is 18.1. The van der Waals surface area contributed by atoms with Crippen molar-refractivity contribution in [1.82, 2.24) is 34.7 Å². The molecule has 0 aliphatic rings. The maximum atomic E-state index is 8.97. The fraction of sp³-hybridized carbons (Fsp3) is 0.176. The molecule has 26 heavy (non-hydrogen) atoms. The van der Waals surface area contributed by atoms with Crippen molar-refractivity contribution in [3.8, 4) is 17.6 Å². The SMILES string of the molecule is CCCc1cn(-c2cnc(-n3ncc4cc(C#N)cnc43)cc2N)nn1. The predicted molar refractivity (Wildman–Crippen MR) is 94.7 cm³/mol. The van der Waals surface area contributed by atoms with Crippen molar-refractivity contribution in [3.05, 3.63) is 48.2 Å². The van der Waals surface area contributed by atoms with E-state index in [0.717, 1.165) is 23.9 Å². The fourth-order valence-corrected chi connectivity index (χ4v) is 2.70. The lowest BCUT2D eigenvalue weighted by molar-refractivity contribution is 0.786. The van der Waals surface area contributed by atoms with E-state index in [4.69, 9.17) is 11.0 Å². The average Bonchev–Trinajstić information content (AvgIpc) is 3.28. The molecule has 0 amide bonds. The summed E-state index contributed by atoms with van der Waals surface area (Å²) >= 11 is 0. The number of pyridine rings is 2. The predicted octanol–water partition coefficient (Wildman–Crippen LogP) is 1.80. The molecule has 9 heteroatoms. The zero-order valence-electron chi connectivity index (χ0n) is 14.0.